The summed E-state index contributed by atoms with van der Waals surface area (Å²) < 4.78 is 1.16. The molecule has 1 N–H and O–H groups in total. The zero-order valence-corrected chi connectivity index (χ0v) is 10.6. The van der Waals surface area contributed by atoms with E-state index in [0.29, 0.717) is 6.04 Å². The van der Waals surface area contributed by atoms with Gasteiger partial charge in [0.1, 0.15) is 0 Å². The van der Waals surface area contributed by atoms with Gasteiger partial charge in [-0.05, 0) is 41.0 Å². The summed E-state index contributed by atoms with van der Waals surface area (Å²) in [6.45, 7) is 3.17. The van der Waals surface area contributed by atoms with Gasteiger partial charge in [-0.25, -0.2) is 0 Å². The molecule has 0 aliphatic heterocycles. The van der Waals surface area contributed by atoms with Gasteiger partial charge in [-0.15, -0.1) is 23.7 Å². The van der Waals surface area contributed by atoms with Gasteiger partial charge in [-0.3, -0.25) is 0 Å². The Bertz CT molecular complexity index is 313. The standard InChI is InChI=1S/C11H14BrNS/c1-3-5-9(13-8-4-2)10-6-7-11(12)14-10/h1,6-7,9,13H,4-5,8H2,2H3. The minimum atomic E-state index is 0.316. The predicted octanol–water partition coefficient (Wildman–Crippen LogP) is 3.57. The van der Waals surface area contributed by atoms with E-state index in [4.69, 9.17) is 6.42 Å². The molecular formula is C11H14BrNS. The lowest BCUT2D eigenvalue weighted by atomic mass is 10.2. The number of hydrogen-bond acceptors (Lipinski definition) is 2. The number of terminal acetylenes is 1. The van der Waals surface area contributed by atoms with Crippen molar-refractivity contribution >= 4 is 27.3 Å². The molecule has 0 fully saturated rings. The minimum Gasteiger partial charge on any atom is -0.308 e. The van der Waals surface area contributed by atoms with Crippen LogP contribution in [0.15, 0.2) is 15.9 Å². The third-order valence-corrected chi connectivity index (χ3v) is 3.64. The van der Waals surface area contributed by atoms with Crippen LogP contribution in [-0.4, -0.2) is 6.54 Å². The molecule has 0 aliphatic carbocycles. The van der Waals surface area contributed by atoms with Crippen molar-refractivity contribution in [2.75, 3.05) is 6.54 Å². The maximum absolute atomic E-state index is 5.35. The highest BCUT2D eigenvalue weighted by Crippen LogP contribution is 2.28. The summed E-state index contributed by atoms with van der Waals surface area (Å²) in [5, 5.41) is 3.45. The lowest BCUT2D eigenvalue weighted by Crippen LogP contribution is -2.20. The number of rotatable bonds is 5. The van der Waals surface area contributed by atoms with Gasteiger partial charge in [0.05, 0.1) is 9.83 Å². The Kier molecular flexibility index (Phi) is 5.24. The van der Waals surface area contributed by atoms with Gasteiger partial charge in [-0.2, -0.15) is 0 Å². The summed E-state index contributed by atoms with van der Waals surface area (Å²) in [5.41, 5.74) is 0. The Morgan fingerprint density at radius 2 is 2.43 bits per heavy atom. The molecule has 0 spiro atoms. The van der Waals surface area contributed by atoms with Crippen molar-refractivity contribution < 1.29 is 0 Å². The lowest BCUT2D eigenvalue weighted by Gasteiger charge is -2.13. The zero-order chi connectivity index (χ0) is 10.4. The first-order valence-electron chi connectivity index (χ1n) is 4.70. The van der Waals surface area contributed by atoms with Gasteiger partial charge >= 0.3 is 0 Å². The predicted molar refractivity (Wildman–Crippen MR) is 66.5 cm³/mol. The van der Waals surface area contributed by atoms with Crippen LogP contribution in [0.3, 0.4) is 0 Å². The number of halogens is 1. The molecule has 1 atom stereocenters. The second-order valence-electron chi connectivity index (χ2n) is 3.06. The van der Waals surface area contributed by atoms with Crippen LogP contribution >= 0.6 is 27.3 Å². The summed E-state index contributed by atoms with van der Waals surface area (Å²) in [6.07, 6.45) is 7.24. The fraction of sp³-hybridized carbons (Fsp3) is 0.455. The lowest BCUT2D eigenvalue weighted by molar-refractivity contribution is 0.550. The molecule has 0 aromatic carbocycles. The van der Waals surface area contributed by atoms with E-state index in [9.17, 15) is 0 Å². The maximum Gasteiger partial charge on any atom is 0.0701 e. The first-order chi connectivity index (χ1) is 6.77. The molecule has 0 aliphatic rings. The Morgan fingerprint density at radius 3 is 2.93 bits per heavy atom. The van der Waals surface area contributed by atoms with Crippen molar-refractivity contribution in [2.45, 2.75) is 25.8 Å². The molecule has 0 radical (unpaired) electrons. The Labute approximate surface area is 98.0 Å². The summed E-state index contributed by atoms with van der Waals surface area (Å²) in [6, 6.07) is 4.51. The van der Waals surface area contributed by atoms with Gasteiger partial charge in [0, 0.05) is 11.3 Å². The smallest absolute Gasteiger partial charge is 0.0701 e. The fourth-order valence-corrected chi connectivity index (χ4v) is 2.72. The van der Waals surface area contributed by atoms with Crippen LogP contribution in [0.1, 0.15) is 30.7 Å². The van der Waals surface area contributed by atoms with Gasteiger partial charge in [0.25, 0.3) is 0 Å². The zero-order valence-electron chi connectivity index (χ0n) is 8.22. The molecule has 0 amide bonds. The van der Waals surface area contributed by atoms with Gasteiger partial charge in [-0.1, -0.05) is 6.92 Å². The molecule has 1 aromatic rings. The van der Waals surface area contributed by atoms with E-state index in [1.165, 1.54) is 4.88 Å². The number of thiophene rings is 1. The molecule has 0 saturated heterocycles. The van der Waals surface area contributed by atoms with Crippen molar-refractivity contribution in [1.82, 2.24) is 5.32 Å². The van der Waals surface area contributed by atoms with Crippen molar-refractivity contribution in [3.8, 4) is 12.3 Å². The van der Waals surface area contributed by atoms with Crippen LogP contribution in [0.25, 0.3) is 0 Å². The third-order valence-electron chi connectivity index (χ3n) is 1.90. The van der Waals surface area contributed by atoms with E-state index < -0.39 is 0 Å². The van der Waals surface area contributed by atoms with Crippen LogP contribution in [0.5, 0.6) is 0 Å². The molecule has 0 bridgehead atoms. The van der Waals surface area contributed by atoms with Gasteiger partial charge < -0.3 is 5.32 Å². The second-order valence-corrected chi connectivity index (χ2v) is 5.55. The van der Waals surface area contributed by atoms with Crippen molar-refractivity contribution in [2.24, 2.45) is 0 Å². The van der Waals surface area contributed by atoms with Crippen molar-refractivity contribution in [3.05, 3.63) is 20.8 Å². The third kappa shape index (κ3) is 3.45. The van der Waals surface area contributed by atoms with Crippen molar-refractivity contribution in [3.63, 3.8) is 0 Å². The van der Waals surface area contributed by atoms with Crippen LogP contribution < -0.4 is 5.32 Å². The molecule has 3 heteroatoms. The topological polar surface area (TPSA) is 12.0 Å². The minimum absolute atomic E-state index is 0.316. The monoisotopic (exact) mass is 271 g/mol. The highest BCUT2D eigenvalue weighted by Gasteiger charge is 2.10. The Morgan fingerprint density at radius 1 is 1.64 bits per heavy atom. The van der Waals surface area contributed by atoms with Crippen LogP contribution in [-0.2, 0) is 0 Å². The van der Waals surface area contributed by atoms with E-state index in [-0.39, 0.29) is 0 Å². The quantitative estimate of drug-likeness (QED) is 0.808. The number of nitrogens with one attached hydrogen (secondary N) is 1. The molecule has 1 aromatic heterocycles. The molecule has 0 saturated carbocycles. The molecule has 14 heavy (non-hydrogen) atoms. The van der Waals surface area contributed by atoms with Crippen LogP contribution in [0.4, 0.5) is 0 Å². The second kappa shape index (κ2) is 6.23. The summed E-state index contributed by atoms with van der Waals surface area (Å²) in [5.74, 6) is 2.71. The molecule has 76 valence electrons. The average Bonchev–Trinajstić information content (AvgIpc) is 2.59. The Hall–Kier alpha value is -0.300. The van der Waals surface area contributed by atoms with Crippen LogP contribution in [0, 0.1) is 12.3 Å². The average molecular weight is 272 g/mol. The highest BCUT2D eigenvalue weighted by molar-refractivity contribution is 9.11. The van der Waals surface area contributed by atoms with E-state index in [1.54, 1.807) is 11.3 Å². The summed E-state index contributed by atoms with van der Waals surface area (Å²) in [4.78, 5) is 1.31. The van der Waals surface area contributed by atoms with Gasteiger partial charge in [0.15, 0.2) is 0 Å². The normalized spacial score (nSPS) is 12.4. The molecule has 1 heterocycles. The first kappa shape index (κ1) is 11.8. The SMILES string of the molecule is C#CCC(NCCC)c1ccc(Br)s1. The van der Waals surface area contributed by atoms with Crippen LogP contribution in [0.2, 0.25) is 0 Å². The summed E-state index contributed by atoms with van der Waals surface area (Å²) >= 11 is 5.20. The number of hydrogen-bond donors (Lipinski definition) is 1. The molecule has 1 nitrogen and oxygen atoms in total. The summed E-state index contributed by atoms with van der Waals surface area (Å²) in [7, 11) is 0. The molecular weight excluding hydrogens is 258 g/mol. The largest absolute Gasteiger partial charge is 0.308 e. The molecule has 1 unspecified atom stereocenters. The van der Waals surface area contributed by atoms with E-state index in [0.717, 1.165) is 23.2 Å². The molecule has 1 rings (SSSR count). The van der Waals surface area contributed by atoms with Gasteiger partial charge in [0.2, 0.25) is 0 Å². The maximum atomic E-state index is 5.35. The highest BCUT2D eigenvalue weighted by atomic mass is 79.9. The Balaban J connectivity index is 2.63. The van der Waals surface area contributed by atoms with E-state index in [1.807, 2.05) is 0 Å². The first-order valence-corrected chi connectivity index (χ1v) is 6.31. The van der Waals surface area contributed by atoms with E-state index in [2.05, 4.69) is 46.2 Å². The van der Waals surface area contributed by atoms with Crippen molar-refractivity contribution in [1.29, 1.82) is 0 Å². The fourth-order valence-electron chi connectivity index (χ4n) is 1.23. The van der Waals surface area contributed by atoms with E-state index >= 15 is 0 Å².